The van der Waals surface area contributed by atoms with E-state index in [9.17, 15) is 14.3 Å². The number of carbonyl (C=O) groups is 1. The van der Waals surface area contributed by atoms with Gasteiger partial charge in [-0.15, -0.1) is 0 Å². The second-order valence-corrected chi connectivity index (χ2v) is 6.07. The summed E-state index contributed by atoms with van der Waals surface area (Å²) in [5.74, 6) is -0.512. The number of hydrogen-bond acceptors (Lipinski definition) is 2. The summed E-state index contributed by atoms with van der Waals surface area (Å²) in [5.41, 5.74) is 1.79. The quantitative estimate of drug-likeness (QED) is 0.911. The molecular formula is C19H20FNO2. The third kappa shape index (κ3) is 3.77. The fraction of sp³-hybridized carbons (Fsp3) is 0.316. The SMILES string of the molecule is O=C(NC(c1ccccc1)c1ccc(F)cc1)[C@@H]1CC[C@@H](O)C1. The Morgan fingerprint density at radius 1 is 1.04 bits per heavy atom. The van der Waals surface area contributed by atoms with Crippen LogP contribution < -0.4 is 5.32 Å². The van der Waals surface area contributed by atoms with Crippen molar-refractivity contribution in [3.63, 3.8) is 0 Å². The van der Waals surface area contributed by atoms with Crippen LogP contribution in [0.25, 0.3) is 0 Å². The van der Waals surface area contributed by atoms with Crippen LogP contribution in [-0.4, -0.2) is 17.1 Å². The van der Waals surface area contributed by atoms with Crippen LogP contribution in [0.1, 0.15) is 36.4 Å². The molecular weight excluding hydrogens is 293 g/mol. The molecule has 4 heteroatoms. The summed E-state index contributed by atoms with van der Waals surface area (Å²) in [4.78, 5) is 12.5. The molecule has 120 valence electrons. The van der Waals surface area contributed by atoms with Crippen molar-refractivity contribution in [2.24, 2.45) is 5.92 Å². The fourth-order valence-electron chi connectivity index (χ4n) is 3.12. The van der Waals surface area contributed by atoms with Crippen molar-refractivity contribution < 1.29 is 14.3 Å². The zero-order valence-corrected chi connectivity index (χ0v) is 12.8. The minimum atomic E-state index is -0.383. The van der Waals surface area contributed by atoms with Gasteiger partial charge < -0.3 is 10.4 Å². The van der Waals surface area contributed by atoms with Gasteiger partial charge in [0.15, 0.2) is 0 Å². The van der Waals surface area contributed by atoms with Gasteiger partial charge in [0.2, 0.25) is 5.91 Å². The first kappa shape index (κ1) is 15.7. The van der Waals surface area contributed by atoms with E-state index >= 15 is 0 Å². The lowest BCUT2D eigenvalue weighted by Crippen LogP contribution is -2.34. The molecule has 0 heterocycles. The van der Waals surface area contributed by atoms with E-state index in [0.29, 0.717) is 19.3 Å². The molecule has 1 unspecified atom stereocenters. The van der Waals surface area contributed by atoms with Crippen molar-refractivity contribution in [1.82, 2.24) is 5.32 Å². The molecule has 1 aliphatic rings. The highest BCUT2D eigenvalue weighted by Crippen LogP contribution is 2.28. The summed E-state index contributed by atoms with van der Waals surface area (Å²) in [5, 5.41) is 12.7. The van der Waals surface area contributed by atoms with Crippen molar-refractivity contribution in [3.8, 4) is 0 Å². The normalized spacial score (nSPS) is 21.8. The van der Waals surface area contributed by atoms with Gasteiger partial charge in [0.1, 0.15) is 5.82 Å². The van der Waals surface area contributed by atoms with Crippen molar-refractivity contribution in [1.29, 1.82) is 0 Å². The topological polar surface area (TPSA) is 49.3 Å². The van der Waals surface area contributed by atoms with Crippen LogP contribution in [0.3, 0.4) is 0 Å². The molecule has 1 amide bonds. The van der Waals surface area contributed by atoms with Crippen LogP contribution in [0.4, 0.5) is 4.39 Å². The van der Waals surface area contributed by atoms with Gasteiger partial charge in [-0.25, -0.2) is 4.39 Å². The van der Waals surface area contributed by atoms with Gasteiger partial charge in [0, 0.05) is 5.92 Å². The van der Waals surface area contributed by atoms with Crippen LogP contribution in [0, 0.1) is 11.7 Å². The Morgan fingerprint density at radius 3 is 2.30 bits per heavy atom. The predicted octanol–water partition coefficient (Wildman–Crippen LogP) is 3.19. The second-order valence-electron chi connectivity index (χ2n) is 6.07. The average Bonchev–Trinajstić information content (AvgIpc) is 3.01. The maximum absolute atomic E-state index is 13.2. The Balaban J connectivity index is 1.83. The molecule has 2 aromatic carbocycles. The highest BCUT2D eigenvalue weighted by molar-refractivity contribution is 5.80. The number of aliphatic hydroxyl groups excluding tert-OH is 1. The van der Waals surface area contributed by atoms with E-state index in [1.807, 2.05) is 30.3 Å². The molecule has 0 radical (unpaired) electrons. The highest BCUT2D eigenvalue weighted by Gasteiger charge is 2.30. The number of aliphatic hydroxyl groups is 1. The van der Waals surface area contributed by atoms with Crippen LogP contribution in [0.2, 0.25) is 0 Å². The molecule has 2 aromatic rings. The van der Waals surface area contributed by atoms with Crippen molar-refractivity contribution in [3.05, 3.63) is 71.5 Å². The Kier molecular flexibility index (Phi) is 4.72. The molecule has 3 rings (SSSR count). The maximum atomic E-state index is 13.2. The molecule has 0 aliphatic heterocycles. The summed E-state index contributed by atoms with van der Waals surface area (Å²) in [6.07, 6.45) is 1.51. The summed E-state index contributed by atoms with van der Waals surface area (Å²) in [6, 6.07) is 15.5. The number of benzene rings is 2. The van der Waals surface area contributed by atoms with E-state index in [-0.39, 0.29) is 29.8 Å². The van der Waals surface area contributed by atoms with Crippen LogP contribution in [0.5, 0.6) is 0 Å². The lowest BCUT2D eigenvalue weighted by atomic mass is 9.97. The summed E-state index contributed by atoms with van der Waals surface area (Å²) in [7, 11) is 0. The molecule has 0 bridgehead atoms. The van der Waals surface area contributed by atoms with E-state index in [0.717, 1.165) is 11.1 Å². The largest absolute Gasteiger partial charge is 0.393 e. The molecule has 0 saturated heterocycles. The Labute approximate surface area is 135 Å². The zero-order valence-electron chi connectivity index (χ0n) is 12.8. The number of carbonyl (C=O) groups excluding carboxylic acids is 1. The summed E-state index contributed by atoms with van der Waals surface area (Å²) < 4.78 is 13.2. The van der Waals surface area contributed by atoms with E-state index in [1.165, 1.54) is 12.1 Å². The lowest BCUT2D eigenvalue weighted by molar-refractivity contribution is -0.125. The molecule has 0 aromatic heterocycles. The highest BCUT2D eigenvalue weighted by atomic mass is 19.1. The third-order valence-electron chi connectivity index (χ3n) is 4.40. The first-order chi connectivity index (χ1) is 11.1. The van der Waals surface area contributed by atoms with Crippen LogP contribution >= 0.6 is 0 Å². The van der Waals surface area contributed by atoms with E-state index < -0.39 is 0 Å². The average molecular weight is 313 g/mol. The van der Waals surface area contributed by atoms with Gasteiger partial charge in [-0.05, 0) is 42.5 Å². The molecule has 1 fully saturated rings. The predicted molar refractivity (Wildman–Crippen MR) is 86.2 cm³/mol. The number of nitrogens with one attached hydrogen (secondary N) is 1. The maximum Gasteiger partial charge on any atom is 0.223 e. The fourth-order valence-corrected chi connectivity index (χ4v) is 3.12. The van der Waals surface area contributed by atoms with E-state index in [4.69, 9.17) is 0 Å². The number of amides is 1. The Morgan fingerprint density at radius 2 is 1.70 bits per heavy atom. The smallest absolute Gasteiger partial charge is 0.223 e. The molecule has 1 saturated carbocycles. The first-order valence-corrected chi connectivity index (χ1v) is 7.92. The molecule has 23 heavy (non-hydrogen) atoms. The number of halogens is 1. The molecule has 1 aliphatic carbocycles. The molecule has 3 nitrogen and oxygen atoms in total. The standard InChI is InChI=1S/C19H20FNO2/c20-16-9-6-14(7-10-16)18(13-4-2-1-3-5-13)21-19(23)15-8-11-17(22)12-15/h1-7,9-10,15,17-18,22H,8,11-12H2,(H,21,23)/t15-,17-,18?/m1/s1. The molecule has 0 spiro atoms. The van der Waals surface area contributed by atoms with Gasteiger partial charge >= 0.3 is 0 Å². The molecule has 2 N–H and O–H groups in total. The number of hydrogen-bond donors (Lipinski definition) is 2. The third-order valence-corrected chi connectivity index (χ3v) is 4.40. The van der Waals surface area contributed by atoms with Crippen molar-refractivity contribution >= 4 is 5.91 Å². The minimum Gasteiger partial charge on any atom is -0.393 e. The van der Waals surface area contributed by atoms with Crippen molar-refractivity contribution in [2.45, 2.75) is 31.4 Å². The van der Waals surface area contributed by atoms with Gasteiger partial charge in [0.25, 0.3) is 0 Å². The Bertz CT molecular complexity index is 657. The molecule has 3 atom stereocenters. The van der Waals surface area contributed by atoms with Gasteiger partial charge in [-0.1, -0.05) is 42.5 Å². The van der Waals surface area contributed by atoms with Crippen LogP contribution in [0.15, 0.2) is 54.6 Å². The summed E-state index contributed by atoms with van der Waals surface area (Å²) in [6.45, 7) is 0. The lowest BCUT2D eigenvalue weighted by Gasteiger charge is -2.22. The van der Waals surface area contributed by atoms with E-state index in [2.05, 4.69) is 5.32 Å². The van der Waals surface area contributed by atoms with Gasteiger partial charge in [0.05, 0.1) is 12.1 Å². The zero-order chi connectivity index (χ0) is 16.2. The van der Waals surface area contributed by atoms with Crippen LogP contribution in [-0.2, 0) is 4.79 Å². The van der Waals surface area contributed by atoms with E-state index in [1.54, 1.807) is 12.1 Å². The van der Waals surface area contributed by atoms with Gasteiger partial charge in [-0.2, -0.15) is 0 Å². The second kappa shape index (κ2) is 6.92. The first-order valence-electron chi connectivity index (χ1n) is 7.92. The summed E-state index contributed by atoms with van der Waals surface area (Å²) >= 11 is 0. The monoisotopic (exact) mass is 313 g/mol. The number of rotatable bonds is 4. The Hall–Kier alpha value is -2.20. The van der Waals surface area contributed by atoms with Gasteiger partial charge in [-0.3, -0.25) is 4.79 Å². The van der Waals surface area contributed by atoms with Crippen molar-refractivity contribution in [2.75, 3.05) is 0 Å². The minimum absolute atomic E-state index is 0.0558.